The lowest BCUT2D eigenvalue weighted by Gasteiger charge is -2.19. The molecule has 0 fully saturated rings. The summed E-state index contributed by atoms with van der Waals surface area (Å²) >= 11 is 1.04. The van der Waals surface area contributed by atoms with Crippen LogP contribution in [0.3, 0.4) is 0 Å². The number of halogens is 1. The van der Waals surface area contributed by atoms with Gasteiger partial charge in [0.05, 0.1) is 12.0 Å². The van der Waals surface area contributed by atoms with Gasteiger partial charge in [0.2, 0.25) is 10.0 Å². The van der Waals surface area contributed by atoms with E-state index in [0.29, 0.717) is 16.9 Å². The topological polar surface area (TPSA) is 89.5 Å². The lowest BCUT2D eigenvalue weighted by molar-refractivity contribution is 0.414. The van der Waals surface area contributed by atoms with Crippen LogP contribution in [-0.4, -0.2) is 30.5 Å². The second-order valence-electron chi connectivity index (χ2n) is 6.50. The van der Waals surface area contributed by atoms with Gasteiger partial charge < -0.3 is 4.74 Å². The Morgan fingerprint density at radius 2 is 1.77 bits per heavy atom. The lowest BCUT2D eigenvalue weighted by Crippen LogP contribution is -2.32. The van der Waals surface area contributed by atoms with Crippen LogP contribution in [0.4, 0.5) is 4.39 Å². The minimum atomic E-state index is -4.00. The third-order valence-corrected chi connectivity index (χ3v) is 9.64. The number of aryl methyl sites for hydroxylation is 1. The first-order chi connectivity index (χ1) is 14.1. The molecule has 3 aromatic rings. The van der Waals surface area contributed by atoms with E-state index in [4.69, 9.17) is 4.74 Å². The predicted molar refractivity (Wildman–Crippen MR) is 114 cm³/mol. The molecule has 3 rings (SSSR count). The van der Waals surface area contributed by atoms with Gasteiger partial charge in [-0.25, -0.2) is 25.9 Å². The van der Waals surface area contributed by atoms with Crippen molar-refractivity contribution in [2.24, 2.45) is 0 Å². The van der Waals surface area contributed by atoms with Crippen LogP contribution in [-0.2, 0) is 19.9 Å². The zero-order valence-electron chi connectivity index (χ0n) is 16.2. The highest BCUT2D eigenvalue weighted by atomic mass is 32.2. The summed E-state index contributed by atoms with van der Waals surface area (Å²) in [5.41, 5.74) is 0.750. The fourth-order valence-electron chi connectivity index (χ4n) is 2.96. The first-order valence-corrected chi connectivity index (χ1v) is 12.7. The zero-order chi connectivity index (χ0) is 21.9. The number of benzene rings is 2. The Balaban J connectivity index is 1.95. The van der Waals surface area contributed by atoms with E-state index >= 15 is 0 Å². The first-order valence-electron chi connectivity index (χ1n) is 8.82. The summed E-state index contributed by atoms with van der Waals surface area (Å²) in [5.74, 6) is -0.00336. The second-order valence-corrected chi connectivity index (χ2v) is 11.5. The molecular formula is C20H20FNO5S3. The Hall–Kier alpha value is -2.27. The van der Waals surface area contributed by atoms with Crippen LogP contribution in [0.5, 0.6) is 5.75 Å². The largest absolute Gasteiger partial charge is 0.497 e. The molecule has 160 valence electrons. The molecule has 0 radical (unpaired) electrons. The highest BCUT2D eigenvalue weighted by molar-refractivity contribution is 7.93. The predicted octanol–water partition coefficient (Wildman–Crippen LogP) is 3.70. The van der Waals surface area contributed by atoms with E-state index in [1.165, 1.54) is 37.4 Å². The van der Waals surface area contributed by atoms with Crippen molar-refractivity contribution in [2.45, 2.75) is 21.3 Å². The summed E-state index contributed by atoms with van der Waals surface area (Å²) in [7, 11) is -6.42. The van der Waals surface area contributed by atoms with Crippen LogP contribution in [0.25, 0.3) is 0 Å². The van der Waals surface area contributed by atoms with E-state index in [-0.39, 0.29) is 9.10 Å². The second kappa shape index (κ2) is 8.84. The summed E-state index contributed by atoms with van der Waals surface area (Å²) in [6.07, 6.45) is 0. The maximum Gasteiger partial charge on any atom is 0.240 e. The van der Waals surface area contributed by atoms with Crippen molar-refractivity contribution in [3.05, 3.63) is 76.9 Å². The van der Waals surface area contributed by atoms with Gasteiger partial charge in [-0.2, -0.15) is 0 Å². The molecule has 1 N–H and O–H groups in total. The fourth-order valence-corrected chi connectivity index (χ4v) is 7.21. The standard InChI is InChI=1S/C20H20FNO5S3/c1-14-12-17(27-2)9-10-18(14)30(25,26)22-13-19(15-5-7-16(21)8-6-15)29(23,24)20-4-3-11-28-20/h3-12,19,22H,13H2,1-2H3/t19-/m0/s1. The Morgan fingerprint density at radius 3 is 2.33 bits per heavy atom. The summed E-state index contributed by atoms with van der Waals surface area (Å²) in [6.45, 7) is 1.22. The van der Waals surface area contributed by atoms with Crippen molar-refractivity contribution in [1.29, 1.82) is 0 Å². The van der Waals surface area contributed by atoms with Gasteiger partial charge in [0, 0.05) is 6.54 Å². The smallest absolute Gasteiger partial charge is 0.240 e. The van der Waals surface area contributed by atoms with Crippen molar-refractivity contribution in [2.75, 3.05) is 13.7 Å². The minimum Gasteiger partial charge on any atom is -0.497 e. The van der Waals surface area contributed by atoms with Crippen LogP contribution < -0.4 is 9.46 Å². The number of hydrogen-bond acceptors (Lipinski definition) is 6. The highest BCUT2D eigenvalue weighted by Crippen LogP contribution is 2.32. The normalized spacial score (nSPS) is 13.2. The zero-order valence-corrected chi connectivity index (χ0v) is 18.7. The van der Waals surface area contributed by atoms with Gasteiger partial charge in [-0.3, -0.25) is 0 Å². The molecule has 0 aliphatic heterocycles. The molecule has 2 aromatic carbocycles. The summed E-state index contributed by atoms with van der Waals surface area (Å²) < 4.78 is 72.9. The highest BCUT2D eigenvalue weighted by Gasteiger charge is 2.32. The van der Waals surface area contributed by atoms with Gasteiger partial charge in [0.1, 0.15) is 21.0 Å². The number of nitrogens with one attached hydrogen (secondary N) is 1. The first kappa shape index (κ1) is 22.4. The average molecular weight is 470 g/mol. The Morgan fingerprint density at radius 1 is 1.07 bits per heavy atom. The molecular weight excluding hydrogens is 449 g/mol. The molecule has 30 heavy (non-hydrogen) atoms. The van der Waals surface area contributed by atoms with Gasteiger partial charge in [0.25, 0.3) is 0 Å². The van der Waals surface area contributed by atoms with Gasteiger partial charge in [0.15, 0.2) is 9.84 Å². The number of rotatable bonds is 8. The molecule has 0 amide bonds. The molecule has 0 unspecified atom stereocenters. The number of sulfone groups is 1. The Labute approximate surface area is 179 Å². The van der Waals surface area contributed by atoms with Crippen LogP contribution in [0.1, 0.15) is 16.4 Å². The maximum absolute atomic E-state index is 13.4. The number of hydrogen-bond donors (Lipinski definition) is 1. The number of ether oxygens (including phenoxy) is 1. The quantitative estimate of drug-likeness (QED) is 0.543. The summed E-state index contributed by atoms with van der Waals surface area (Å²) in [4.78, 5) is 0.0228. The fraction of sp³-hybridized carbons (Fsp3) is 0.200. The Bertz CT molecular complexity index is 1220. The number of sulfonamides is 1. The van der Waals surface area contributed by atoms with E-state index in [0.717, 1.165) is 23.5 Å². The van der Waals surface area contributed by atoms with Gasteiger partial charge in [-0.1, -0.05) is 18.2 Å². The van der Waals surface area contributed by atoms with Crippen LogP contribution >= 0.6 is 11.3 Å². The molecule has 6 nitrogen and oxygen atoms in total. The van der Waals surface area contributed by atoms with Crippen molar-refractivity contribution >= 4 is 31.2 Å². The van der Waals surface area contributed by atoms with E-state index in [1.807, 2.05) is 0 Å². The van der Waals surface area contributed by atoms with Crippen LogP contribution in [0, 0.1) is 12.7 Å². The number of thiophene rings is 1. The Kier molecular flexibility index (Phi) is 6.61. The van der Waals surface area contributed by atoms with Crippen molar-refractivity contribution < 1.29 is 26.0 Å². The molecule has 1 heterocycles. The van der Waals surface area contributed by atoms with E-state index in [2.05, 4.69) is 4.72 Å². The van der Waals surface area contributed by atoms with Gasteiger partial charge >= 0.3 is 0 Å². The third kappa shape index (κ3) is 4.72. The molecule has 0 saturated carbocycles. The third-order valence-electron chi connectivity index (χ3n) is 4.52. The molecule has 0 aliphatic carbocycles. The monoisotopic (exact) mass is 469 g/mol. The van der Waals surface area contributed by atoms with Crippen LogP contribution in [0.2, 0.25) is 0 Å². The number of methoxy groups -OCH3 is 1. The van der Waals surface area contributed by atoms with Crippen molar-refractivity contribution in [3.63, 3.8) is 0 Å². The van der Waals surface area contributed by atoms with E-state index < -0.39 is 37.5 Å². The molecule has 1 aromatic heterocycles. The molecule has 0 aliphatic rings. The maximum atomic E-state index is 13.4. The van der Waals surface area contributed by atoms with E-state index in [9.17, 15) is 21.2 Å². The average Bonchev–Trinajstić information content (AvgIpc) is 3.24. The molecule has 0 saturated heterocycles. The molecule has 10 heteroatoms. The molecule has 1 atom stereocenters. The minimum absolute atomic E-state index is 0.0228. The van der Waals surface area contributed by atoms with Crippen molar-refractivity contribution in [3.8, 4) is 5.75 Å². The van der Waals surface area contributed by atoms with Gasteiger partial charge in [-0.05, 0) is 59.8 Å². The van der Waals surface area contributed by atoms with Crippen LogP contribution in [0.15, 0.2) is 69.1 Å². The van der Waals surface area contributed by atoms with E-state index in [1.54, 1.807) is 24.4 Å². The lowest BCUT2D eigenvalue weighted by atomic mass is 10.1. The SMILES string of the molecule is COc1ccc(S(=O)(=O)NC[C@@H](c2ccc(F)cc2)S(=O)(=O)c2cccs2)c(C)c1. The summed E-state index contributed by atoms with van der Waals surface area (Å²) in [6, 6.07) is 12.5. The molecule has 0 bridgehead atoms. The molecule has 0 spiro atoms. The van der Waals surface area contributed by atoms with Gasteiger partial charge in [-0.15, -0.1) is 11.3 Å². The summed E-state index contributed by atoms with van der Waals surface area (Å²) in [5, 5.41) is 0.407. The van der Waals surface area contributed by atoms with Crippen molar-refractivity contribution in [1.82, 2.24) is 4.72 Å².